The molecule has 0 aromatic carbocycles. The molecule has 2 fully saturated rings. The first-order chi connectivity index (χ1) is 11.1. The third kappa shape index (κ3) is 4.30. The lowest BCUT2D eigenvalue weighted by molar-refractivity contribution is 0.0946. The van der Waals surface area contributed by atoms with Gasteiger partial charge in [0.2, 0.25) is 0 Å². The Morgan fingerprint density at radius 2 is 2.09 bits per heavy atom. The van der Waals surface area contributed by atoms with Gasteiger partial charge in [0.1, 0.15) is 5.82 Å². The van der Waals surface area contributed by atoms with E-state index < -0.39 is 6.09 Å². The number of hydrogen-bond acceptors (Lipinski definition) is 5. The summed E-state index contributed by atoms with van der Waals surface area (Å²) >= 11 is 0. The van der Waals surface area contributed by atoms with E-state index >= 15 is 0 Å². The van der Waals surface area contributed by atoms with Crippen LogP contribution in [0.25, 0.3) is 0 Å². The number of carbonyl (C=O) groups excluding carboxylic acids is 1. The highest BCUT2D eigenvalue weighted by atomic mass is 16.4. The minimum atomic E-state index is -0.904. The SMILES string of the molecule is O=C(NCCC1CC1)c1ccc(NC2CCN(C(=O)O)C2)nn1. The Labute approximate surface area is 134 Å². The van der Waals surface area contributed by atoms with Gasteiger partial charge in [-0.2, -0.15) is 0 Å². The summed E-state index contributed by atoms with van der Waals surface area (Å²) in [6, 6.07) is 3.36. The van der Waals surface area contributed by atoms with Crippen molar-refractivity contribution in [3.05, 3.63) is 17.8 Å². The van der Waals surface area contributed by atoms with E-state index in [9.17, 15) is 9.59 Å². The van der Waals surface area contributed by atoms with Crippen LogP contribution in [0.15, 0.2) is 12.1 Å². The number of carboxylic acid groups (broad SMARTS) is 1. The van der Waals surface area contributed by atoms with Crippen LogP contribution in [-0.2, 0) is 0 Å². The molecule has 1 saturated heterocycles. The van der Waals surface area contributed by atoms with Crippen LogP contribution in [0.5, 0.6) is 0 Å². The molecule has 1 aromatic rings. The van der Waals surface area contributed by atoms with Crippen LogP contribution in [0.1, 0.15) is 36.2 Å². The average Bonchev–Trinajstić information content (AvgIpc) is 3.24. The molecule has 0 radical (unpaired) electrons. The zero-order chi connectivity index (χ0) is 16.2. The molecule has 2 heterocycles. The Morgan fingerprint density at radius 1 is 1.26 bits per heavy atom. The van der Waals surface area contributed by atoms with Crippen molar-refractivity contribution < 1.29 is 14.7 Å². The second-order valence-corrected chi connectivity index (χ2v) is 6.15. The predicted octanol–water partition coefficient (Wildman–Crippen LogP) is 1.17. The van der Waals surface area contributed by atoms with Crippen molar-refractivity contribution in [2.24, 2.45) is 5.92 Å². The van der Waals surface area contributed by atoms with Crippen LogP contribution in [0.3, 0.4) is 0 Å². The molecule has 1 aromatic heterocycles. The molecular weight excluding hydrogens is 298 g/mol. The first-order valence-electron chi connectivity index (χ1n) is 7.98. The number of amides is 2. The van der Waals surface area contributed by atoms with E-state index in [0.717, 1.165) is 18.8 Å². The largest absolute Gasteiger partial charge is 0.465 e. The highest BCUT2D eigenvalue weighted by molar-refractivity contribution is 5.92. The summed E-state index contributed by atoms with van der Waals surface area (Å²) in [4.78, 5) is 24.2. The lowest BCUT2D eigenvalue weighted by Gasteiger charge is -2.14. The van der Waals surface area contributed by atoms with Crippen molar-refractivity contribution in [1.29, 1.82) is 0 Å². The predicted molar refractivity (Wildman–Crippen MR) is 83.3 cm³/mol. The van der Waals surface area contributed by atoms with Gasteiger partial charge in [-0.05, 0) is 30.9 Å². The molecular formula is C15H21N5O3. The van der Waals surface area contributed by atoms with E-state index in [1.807, 2.05) is 0 Å². The lowest BCUT2D eigenvalue weighted by atomic mass is 10.2. The third-order valence-corrected chi connectivity index (χ3v) is 4.24. The molecule has 1 saturated carbocycles. The molecule has 1 aliphatic heterocycles. The standard InChI is InChI=1S/C15H21N5O3/c21-14(16-7-5-10-1-2-10)12-3-4-13(19-18-12)17-11-6-8-20(9-11)15(22)23/h3-4,10-11H,1-2,5-9H2,(H,16,21)(H,17,19)(H,22,23). The van der Waals surface area contributed by atoms with Gasteiger partial charge in [-0.15, -0.1) is 10.2 Å². The van der Waals surface area contributed by atoms with Gasteiger partial charge in [-0.3, -0.25) is 4.79 Å². The van der Waals surface area contributed by atoms with Crippen LogP contribution >= 0.6 is 0 Å². The molecule has 0 spiro atoms. The number of carbonyl (C=O) groups is 2. The first-order valence-corrected chi connectivity index (χ1v) is 7.98. The molecule has 1 atom stereocenters. The molecule has 2 aliphatic rings. The van der Waals surface area contributed by atoms with Gasteiger partial charge >= 0.3 is 6.09 Å². The van der Waals surface area contributed by atoms with Crippen molar-refractivity contribution >= 4 is 17.8 Å². The number of aromatic nitrogens is 2. The summed E-state index contributed by atoms with van der Waals surface area (Å²) in [6.45, 7) is 1.63. The second-order valence-electron chi connectivity index (χ2n) is 6.15. The highest BCUT2D eigenvalue weighted by Crippen LogP contribution is 2.31. The molecule has 3 N–H and O–H groups in total. The van der Waals surface area contributed by atoms with E-state index in [4.69, 9.17) is 5.11 Å². The number of anilines is 1. The maximum Gasteiger partial charge on any atom is 0.407 e. The Morgan fingerprint density at radius 3 is 2.70 bits per heavy atom. The first kappa shape index (κ1) is 15.5. The van der Waals surface area contributed by atoms with Crippen molar-refractivity contribution in [3.8, 4) is 0 Å². The molecule has 2 amide bonds. The van der Waals surface area contributed by atoms with Crippen molar-refractivity contribution in [2.45, 2.75) is 31.7 Å². The van der Waals surface area contributed by atoms with Gasteiger partial charge in [-0.25, -0.2) is 4.79 Å². The maximum absolute atomic E-state index is 11.9. The molecule has 3 rings (SSSR count). The van der Waals surface area contributed by atoms with Crippen molar-refractivity contribution in [1.82, 2.24) is 20.4 Å². The van der Waals surface area contributed by atoms with E-state index in [2.05, 4.69) is 20.8 Å². The summed E-state index contributed by atoms with van der Waals surface area (Å²) in [5.41, 5.74) is 0.296. The average molecular weight is 319 g/mol. The van der Waals surface area contributed by atoms with E-state index in [0.29, 0.717) is 31.1 Å². The Balaban J connectivity index is 1.46. The monoisotopic (exact) mass is 319 g/mol. The van der Waals surface area contributed by atoms with Crippen LogP contribution in [0, 0.1) is 5.92 Å². The van der Waals surface area contributed by atoms with Gasteiger partial charge < -0.3 is 20.6 Å². The van der Waals surface area contributed by atoms with Gasteiger partial charge in [0.05, 0.1) is 0 Å². The summed E-state index contributed by atoms with van der Waals surface area (Å²) in [7, 11) is 0. The topological polar surface area (TPSA) is 107 Å². The molecule has 1 aliphatic carbocycles. The quantitative estimate of drug-likeness (QED) is 0.726. The Hall–Kier alpha value is -2.38. The lowest BCUT2D eigenvalue weighted by Crippen LogP contribution is -2.30. The zero-order valence-corrected chi connectivity index (χ0v) is 12.9. The second kappa shape index (κ2) is 6.80. The third-order valence-electron chi connectivity index (χ3n) is 4.24. The maximum atomic E-state index is 11.9. The molecule has 1 unspecified atom stereocenters. The number of nitrogens with one attached hydrogen (secondary N) is 2. The molecule has 0 bridgehead atoms. The Bertz CT molecular complexity index is 573. The minimum absolute atomic E-state index is 0.0265. The number of hydrogen-bond donors (Lipinski definition) is 3. The van der Waals surface area contributed by atoms with Crippen LogP contribution in [0.4, 0.5) is 10.6 Å². The van der Waals surface area contributed by atoms with Gasteiger partial charge in [0.15, 0.2) is 5.69 Å². The zero-order valence-electron chi connectivity index (χ0n) is 12.9. The number of rotatable bonds is 6. The number of likely N-dealkylation sites (tertiary alicyclic amines) is 1. The summed E-state index contributed by atoms with van der Waals surface area (Å²) in [5, 5.41) is 22.9. The summed E-state index contributed by atoms with van der Waals surface area (Å²) < 4.78 is 0. The van der Waals surface area contributed by atoms with Crippen molar-refractivity contribution in [2.75, 3.05) is 25.0 Å². The van der Waals surface area contributed by atoms with Crippen LogP contribution < -0.4 is 10.6 Å². The van der Waals surface area contributed by atoms with E-state index in [1.54, 1.807) is 12.1 Å². The van der Waals surface area contributed by atoms with Crippen LogP contribution in [0.2, 0.25) is 0 Å². The fraction of sp³-hybridized carbons (Fsp3) is 0.600. The molecule has 124 valence electrons. The normalized spacial score (nSPS) is 20.3. The van der Waals surface area contributed by atoms with E-state index in [1.165, 1.54) is 17.7 Å². The summed E-state index contributed by atoms with van der Waals surface area (Å²) in [6.07, 6.45) is 3.41. The van der Waals surface area contributed by atoms with Gasteiger partial charge in [-0.1, -0.05) is 12.8 Å². The smallest absolute Gasteiger partial charge is 0.407 e. The molecule has 23 heavy (non-hydrogen) atoms. The number of nitrogens with zero attached hydrogens (tertiary/aromatic N) is 3. The Kier molecular flexibility index (Phi) is 4.59. The van der Waals surface area contributed by atoms with Gasteiger partial charge in [0.25, 0.3) is 5.91 Å². The fourth-order valence-corrected chi connectivity index (χ4v) is 2.68. The highest BCUT2D eigenvalue weighted by Gasteiger charge is 2.26. The summed E-state index contributed by atoms with van der Waals surface area (Å²) in [5.74, 6) is 1.13. The van der Waals surface area contributed by atoms with Crippen LogP contribution in [-0.4, -0.2) is 57.9 Å². The molecule has 8 heteroatoms. The minimum Gasteiger partial charge on any atom is -0.465 e. The van der Waals surface area contributed by atoms with E-state index in [-0.39, 0.29) is 11.9 Å². The van der Waals surface area contributed by atoms with Gasteiger partial charge in [0, 0.05) is 25.7 Å². The fourth-order valence-electron chi connectivity index (χ4n) is 2.68. The van der Waals surface area contributed by atoms with Crippen molar-refractivity contribution in [3.63, 3.8) is 0 Å². The molecule has 8 nitrogen and oxygen atoms in total.